The maximum absolute atomic E-state index is 12.6. The third-order valence-electron chi connectivity index (χ3n) is 4.26. The third kappa shape index (κ3) is 5.71. The molecule has 0 saturated carbocycles. The van der Waals surface area contributed by atoms with E-state index in [0.29, 0.717) is 35.4 Å². The smallest absolute Gasteiger partial charge is 0.257 e. The van der Waals surface area contributed by atoms with Crippen molar-refractivity contribution >= 4 is 29.2 Å². The topological polar surface area (TPSA) is 71.9 Å². The van der Waals surface area contributed by atoms with E-state index in [-0.39, 0.29) is 12.0 Å². The summed E-state index contributed by atoms with van der Waals surface area (Å²) >= 11 is 5.90. The van der Waals surface area contributed by atoms with Crippen molar-refractivity contribution in [1.29, 1.82) is 0 Å². The Labute approximate surface area is 169 Å². The minimum absolute atomic E-state index is 0.0753. The van der Waals surface area contributed by atoms with Crippen molar-refractivity contribution in [1.82, 2.24) is 5.32 Å². The number of amides is 1. The van der Waals surface area contributed by atoms with Gasteiger partial charge in [0, 0.05) is 17.2 Å². The highest BCUT2D eigenvalue weighted by Crippen LogP contribution is 2.23. The summed E-state index contributed by atoms with van der Waals surface area (Å²) in [6.45, 7) is 3.69. The van der Waals surface area contributed by atoms with E-state index in [9.17, 15) is 4.79 Å². The summed E-state index contributed by atoms with van der Waals surface area (Å²) in [5, 5.41) is 6.60. The van der Waals surface area contributed by atoms with Gasteiger partial charge in [0.2, 0.25) is 5.96 Å². The molecule has 0 bridgehead atoms. The number of carbonyl (C=O) groups excluding carboxylic acids is 1. The molecular weight excluding hydrogens is 378 g/mol. The molecule has 1 aliphatic rings. The third-order valence-corrected chi connectivity index (χ3v) is 4.51. The van der Waals surface area contributed by atoms with Crippen LogP contribution in [-0.2, 0) is 4.74 Å². The van der Waals surface area contributed by atoms with Gasteiger partial charge in [0.25, 0.3) is 5.91 Å². The predicted molar refractivity (Wildman–Crippen MR) is 111 cm³/mol. The Morgan fingerprint density at radius 1 is 1.25 bits per heavy atom. The van der Waals surface area contributed by atoms with Crippen molar-refractivity contribution in [3.8, 4) is 5.75 Å². The lowest BCUT2D eigenvalue weighted by atomic mass is 10.2. The summed E-state index contributed by atoms with van der Waals surface area (Å²) in [5.41, 5.74) is 1.22. The molecule has 6 nitrogen and oxygen atoms in total. The first kappa shape index (κ1) is 20.2. The summed E-state index contributed by atoms with van der Waals surface area (Å²) in [4.78, 5) is 17.2. The maximum Gasteiger partial charge on any atom is 0.257 e. The fraction of sp³-hybridized carbons (Fsp3) is 0.333. The van der Waals surface area contributed by atoms with Crippen LogP contribution < -0.4 is 15.4 Å². The van der Waals surface area contributed by atoms with E-state index in [4.69, 9.17) is 21.1 Å². The van der Waals surface area contributed by atoms with Crippen LogP contribution in [0.2, 0.25) is 5.02 Å². The van der Waals surface area contributed by atoms with Crippen LogP contribution in [0.5, 0.6) is 5.75 Å². The Morgan fingerprint density at radius 2 is 2.04 bits per heavy atom. The average Bonchev–Trinajstić information content (AvgIpc) is 3.22. The SMILES string of the molecule is CCOc1ccccc1NC(=NC[C@@H]1CCCO1)NC(=O)c1ccc(Cl)cc1. The molecule has 28 heavy (non-hydrogen) atoms. The van der Waals surface area contributed by atoms with Gasteiger partial charge < -0.3 is 14.8 Å². The number of para-hydroxylation sites is 2. The van der Waals surface area contributed by atoms with Crippen molar-refractivity contribution in [2.24, 2.45) is 4.99 Å². The molecule has 2 aromatic rings. The molecule has 2 N–H and O–H groups in total. The molecule has 3 rings (SSSR count). The molecule has 1 amide bonds. The van der Waals surface area contributed by atoms with E-state index in [1.165, 1.54) is 0 Å². The molecule has 1 saturated heterocycles. The summed E-state index contributed by atoms with van der Waals surface area (Å²) in [6, 6.07) is 14.2. The van der Waals surface area contributed by atoms with Gasteiger partial charge in [-0.25, -0.2) is 4.99 Å². The second kappa shape index (κ2) is 10.1. The lowest BCUT2D eigenvalue weighted by Gasteiger charge is -2.16. The number of ether oxygens (including phenoxy) is 2. The Balaban J connectivity index is 1.77. The second-order valence-electron chi connectivity index (χ2n) is 6.34. The van der Waals surface area contributed by atoms with Crippen LogP contribution in [0.3, 0.4) is 0 Å². The zero-order valence-electron chi connectivity index (χ0n) is 15.8. The van der Waals surface area contributed by atoms with Gasteiger partial charge in [0.1, 0.15) is 5.75 Å². The van der Waals surface area contributed by atoms with Gasteiger partial charge in [0.05, 0.1) is 24.9 Å². The molecule has 7 heteroatoms. The van der Waals surface area contributed by atoms with Crippen molar-refractivity contribution in [3.63, 3.8) is 0 Å². The van der Waals surface area contributed by atoms with Crippen molar-refractivity contribution in [3.05, 3.63) is 59.1 Å². The van der Waals surface area contributed by atoms with Gasteiger partial charge in [-0.15, -0.1) is 0 Å². The summed E-state index contributed by atoms with van der Waals surface area (Å²) < 4.78 is 11.3. The highest BCUT2D eigenvalue weighted by molar-refractivity contribution is 6.30. The van der Waals surface area contributed by atoms with Crippen LogP contribution in [0.4, 0.5) is 5.69 Å². The number of hydrogen-bond donors (Lipinski definition) is 2. The molecule has 0 spiro atoms. The van der Waals surface area contributed by atoms with Crippen LogP contribution in [0.1, 0.15) is 30.1 Å². The number of anilines is 1. The fourth-order valence-corrected chi connectivity index (χ4v) is 2.98. The van der Waals surface area contributed by atoms with Crippen LogP contribution in [0.15, 0.2) is 53.5 Å². The molecule has 1 fully saturated rings. The van der Waals surface area contributed by atoms with Gasteiger partial charge in [0.15, 0.2) is 0 Å². The van der Waals surface area contributed by atoms with Crippen molar-refractivity contribution in [2.75, 3.05) is 25.1 Å². The molecule has 0 unspecified atom stereocenters. The van der Waals surface area contributed by atoms with E-state index in [1.807, 2.05) is 31.2 Å². The number of carbonyl (C=O) groups is 1. The lowest BCUT2D eigenvalue weighted by Crippen LogP contribution is -2.36. The number of hydrogen-bond acceptors (Lipinski definition) is 4. The van der Waals surface area contributed by atoms with Gasteiger partial charge in [-0.3, -0.25) is 10.1 Å². The normalized spacial score (nSPS) is 16.6. The van der Waals surface area contributed by atoms with Gasteiger partial charge >= 0.3 is 0 Å². The number of nitrogens with zero attached hydrogens (tertiary/aromatic N) is 1. The van der Waals surface area contributed by atoms with Crippen LogP contribution >= 0.6 is 11.6 Å². The first-order chi connectivity index (χ1) is 13.7. The largest absolute Gasteiger partial charge is 0.492 e. The Kier molecular flexibility index (Phi) is 7.28. The number of benzene rings is 2. The quantitative estimate of drug-likeness (QED) is 0.564. The van der Waals surface area contributed by atoms with E-state index in [1.54, 1.807) is 24.3 Å². The van der Waals surface area contributed by atoms with Crippen LogP contribution in [-0.4, -0.2) is 37.7 Å². The lowest BCUT2D eigenvalue weighted by molar-refractivity contribution is 0.0975. The molecular formula is C21H24ClN3O3. The van der Waals surface area contributed by atoms with Gasteiger partial charge in [-0.2, -0.15) is 0 Å². The predicted octanol–water partition coefficient (Wildman–Crippen LogP) is 4.12. The van der Waals surface area contributed by atoms with E-state index in [2.05, 4.69) is 15.6 Å². The highest BCUT2D eigenvalue weighted by Gasteiger charge is 2.16. The summed E-state index contributed by atoms with van der Waals surface area (Å²) in [6.07, 6.45) is 2.08. The Morgan fingerprint density at radius 3 is 2.75 bits per heavy atom. The molecule has 1 aliphatic heterocycles. The Bertz CT molecular complexity index is 818. The zero-order chi connectivity index (χ0) is 19.8. The fourth-order valence-electron chi connectivity index (χ4n) is 2.85. The number of guanidine groups is 1. The first-order valence-electron chi connectivity index (χ1n) is 9.37. The van der Waals surface area contributed by atoms with Crippen LogP contribution in [0, 0.1) is 0 Å². The van der Waals surface area contributed by atoms with Gasteiger partial charge in [-0.1, -0.05) is 23.7 Å². The van der Waals surface area contributed by atoms with Gasteiger partial charge in [-0.05, 0) is 56.2 Å². The Hall–Kier alpha value is -2.57. The maximum atomic E-state index is 12.6. The number of aliphatic imine (C=N–C) groups is 1. The van der Waals surface area contributed by atoms with Crippen LogP contribution in [0.25, 0.3) is 0 Å². The number of halogens is 1. The summed E-state index contributed by atoms with van der Waals surface area (Å²) in [5.74, 6) is 0.766. The molecule has 0 aromatic heterocycles. The number of nitrogens with one attached hydrogen (secondary N) is 2. The molecule has 0 aliphatic carbocycles. The minimum Gasteiger partial charge on any atom is -0.492 e. The highest BCUT2D eigenvalue weighted by atomic mass is 35.5. The minimum atomic E-state index is -0.274. The molecule has 1 atom stereocenters. The first-order valence-corrected chi connectivity index (χ1v) is 9.75. The average molecular weight is 402 g/mol. The van der Waals surface area contributed by atoms with E-state index in [0.717, 1.165) is 25.1 Å². The monoisotopic (exact) mass is 401 g/mol. The standard InChI is InChI=1S/C21H24ClN3O3/c1-2-27-19-8-4-3-7-18(19)24-21(23-14-17-6-5-13-28-17)25-20(26)15-9-11-16(22)12-10-15/h3-4,7-12,17H,2,5-6,13-14H2,1H3,(H2,23,24,25,26)/t17-/m0/s1. The zero-order valence-corrected chi connectivity index (χ0v) is 16.5. The second-order valence-corrected chi connectivity index (χ2v) is 6.78. The number of rotatable bonds is 6. The van der Waals surface area contributed by atoms with E-state index < -0.39 is 0 Å². The molecule has 0 radical (unpaired) electrons. The van der Waals surface area contributed by atoms with E-state index >= 15 is 0 Å². The molecule has 1 heterocycles. The van der Waals surface area contributed by atoms with Crippen molar-refractivity contribution < 1.29 is 14.3 Å². The molecule has 2 aromatic carbocycles. The summed E-state index contributed by atoms with van der Waals surface area (Å²) in [7, 11) is 0. The van der Waals surface area contributed by atoms with Crippen molar-refractivity contribution in [2.45, 2.75) is 25.9 Å². The molecule has 148 valence electrons.